The Morgan fingerprint density at radius 1 is 0.510 bits per heavy atom. The molecule has 8 rings (SSSR count). The van der Waals surface area contributed by atoms with Gasteiger partial charge in [-0.2, -0.15) is 0 Å². The van der Waals surface area contributed by atoms with Gasteiger partial charge in [-0.15, -0.1) is 0 Å². The van der Waals surface area contributed by atoms with E-state index in [1.54, 1.807) is 0 Å². The molecule has 0 aliphatic carbocycles. The van der Waals surface area contributed by atoms with Gasteiger partial charge in [-0.25, -0.2) is 0 Å². The molecule has 0 spiro atoms. The summed E-state index contributed by atoms with van der Waals surface area (Å²) >= 11 is 0. The van der Waals surface area contributed by atoms with Crippen molar-refractivity contribution in [1.29, 1.82) is 0 Å². The summed E-state index contributed by atoms with van der Waals surface area (Å²) in [6.45, 7) is 14.0. The third-order valence-corrected chi connectivity index (χ3v) is 10.8. The second-order valence-corrected chi connectivity index (χ2v) is 15.0. The average Bonchev–Trinajstić information content (AvgIpc) is 3.09. The largest absolute Gasteiger partial charge is 0.344 e. The zero-order valence-electron chi connectivity index (χ0n) is 29.7. The second-order valence-electron chi connectivity index (χ2n) is 15.0. The van der Waals surface area contributed by atoms with Crippen molar-refractivity contribution in [2.24, 2.45) is 5.92 Å². The van der Waals surface area contributed by atoms with Crippen molar-refractivity contribution in [3.63, 3.8) is 0 Å². The van der Waals surface area contributed by atoms with Crippen LogP contribution in [0.15, 0.2) is 139 Å². The molecule has 5 aromatic carbocycles. The molecule has 0 saturated carbocycles. The lowest BCUT2D eigenvalue weighted by molar-refractivity contribution is 0.627. The number of nitrogens with zero attached hydrogens (tertiary/aromatic N) is 3. The SMILES string of the molecule is CC(C)/C=C1/C=C\C=C/c2ccccc2N1c1ccc2c(c1)C(C)(C)c1cc(N3c4ccccc4C(C)(C)c4ccccc43)ccc1N2C. The number of fused-ring (bicyclic) bond motifs is 5. The highest BCUT2D eigenvalue weighted by Gasteiger charge is 2.39. The van der Waals surface area contributed by atoms with Crippen LogP contribution in [0.1, 0.15) is 69.4 Å². The van der Waals surface area contributed by atoms with Gasteiger partial charge in [-0.1, -0.05) is 120 Å². The van der Waals surface area contributed by atoms with Gasteiger partial charge in [-0.3, -0.25) is 0 Å². The summed E-state index contributed by atoms with van der Waals surface area (Å²) in [7, 11) is 2.21. The van der Waals surface area contributed by atoms with Crippen LogP contribution in [0.25, 0.3) is 6.08 Å². The van der Waals surface area contributed by atoms with Crippen molar-refractivity contribution in [1.82, 2.24) is 0 Å². The van der Waals surface area contributed by atoms with E-state index in [4.69, 9.17) is 0 Å². The van der Waals surface area contributed by atoms with Crippen molar-refractivity contribution in [3.8, 4) is 0 Å². The zero-order valence-corrected chi connectivity index (χ0v) is 29.7. The summed E-state index contributed by atoms with van der Waals surface area (Å²) in [5, 5.41) is 0. The summed E-state index contributed by atoms with van der Waals surface area (Å²) in [5.74, 6) is 0.402. The van der Waals surface area contributed by atoms with Crippen LogP contribution in [-0.4, -0.2) is 7.05 Å². The molecule has 3 heteroatoms. The molecule has 0 saturated heterocycles. The fourth-order valence-corrected chi connectivity index (χ4v) is 8.25. The monoisotopic (exact) mass is 639 g/mol. The number of para-hydroxylation sites is 3. The lowest BCUT2D eigenvalue weighted by Gasteiger charge is -2.44. The van der Waals surface area contributed by atoms with Crippen molar-refractivity contribution in [3.05, 3.63) is 167 Å². The Labute approximate surface area is 292 Å². The molecule has 0 radical (unpaired) electrons. The van der Waals surface area contributed by atoms with E-state index >= 15 is 0 Å². The molecule has 0 N–H and O–H groups in total. The second kappa shape index (κ2) is 11.4. The first-order chi connectivity index (χ1) is 23.6. The van der Waals surface area contributed by atoms with Crippen LogP contribution < -0.4 is 14.7 Å². The van der Waals surface area contributed by atoms with Crippen molar-refractivity contribution in [2.75, 3.05) is 21.7 Å². The van der Waals surface area contributed by atoms with Crippen LogP contribution in [0.2, 0.25) is 0 Å². The van der Waals surface area contributed by atoms with Gasteiger partial charge in [0.05, 0.1) is 17.1 Å². The third-order valence-electron chi connectivity index (χ3n) is 10.8. The van der Waals surface area contributed by atoms with E-state index in [9.17, 15) is 0 Å². The molecule has 3 heterocycles. The Morgan fingerprint density at radius 2 is 1.00 bits per heavy atom. The predicted molar refractivity (Wildman–Crippen MR) is 210 cm³/mol. The first kappa shape index (κ1) is 31.0. The van der Waals surface area contributed by atoms with E-state index in [1.807, 2.05) is 0 Å². The minimum Gasteiger partial charge on any atom is -0.344 e. The van der Waals surface area contributed by atoms with E-state index in [0.29, 0.717) is 5.92 Å². The molecular weight excluding hydrogens is 595 g/mol. The van der Waals surface area contributed by atoms with Gasteiger partial charge in [0.25, 0.3) is 0 Å². The molecule has 244 valence electrons. The van der Waals surface area contributed by atoms with E-state index in [1.165, 1.54) is 73.3 Å². The Balaban J connectivity index is 1.29. The molecule has 0 aromatic heterocycles. The lowest BCUT2D eigenvalue weighted by atomic mass is 9.72. The predicted octanol–water partition coefficient (Wildman–Crippen LogP) is 12.5. The van der Waals surface area contributed by atoms with E-state index < -0.39 is 0 Å². The third kappa shape index (κ3) is 4.86. The van der Waals surface area contributed by atoms with Gasteiger partial charge in [0.15, 0.2) is 0 Å². The summed E-state index contributed by atoms with van der Waals surface area (Å²) in [5.41, 5.74) is 15.9. The van der Waals surface area contributed by atoms with E-state index in [0.717, 1.165) is 0 Å². The first-order valence-corrected chi connectivity index (χ1v) is 17.5. The lowest BCUT2D eigenvalue weighted by Crippen LogP contribution is -2.33. The zero-order chi connectivity index (χ0) is 34.1. The number of rotatable bonds is 3. The normalized spacial score (nSPS) is 18.9. The molecule has 0 bridgehead atoms. The van der Waals surface area contributed by atoms with Crippen LogP contribution in [0.4, 0.5) is 39.8 Å². The smallest absolute Gasteiger partial charge is 0.0533 e. The van der Waals surface area contributed by atoms with Gasteiger partial charge in [0.2, 0.25) is 0 Å². The maximum absolute atomic E-state index is 2.47. The molecule has 49 heavy (non-hydrogen) atoms. The van der Waals surface area contributed by atoms with Crippen molar-refractivity contribution < 1.29 is 0 Å². The molecule has 0 amide bonds. The van der Waals surface area contributed by atoms with Crippen molar-refractivity contribution in [2.45, 2.75) is 52.4 Å². The number of hydrogen-bond acceptors (Lipinski definition) is 3. The standard InChI is InChI=1S/C46H45N3/c1-31(2)28-33-18-10-8-16-32-17-9-13-21-40(32)48(33)34-24-26-41-38(29-34)46(5,6)39-30-35(25-27-42(39)47(41)7)49-43-22-14-11-19-36(43)45(3,4)37-20-12-15-23-44(37)49/h8-31H,1-7H3/b16-8-,18-10-,33-28-. The highest BCUT2D eigenvalue weighted by molar-refractivity contribution is 5.89. The summed E-state index contributed by atoms with van der Waals surface area (Å²) < 4.78 is 0. The summed E-state index contributed by atoms with van der Waals surface area (Å²) in [4.78, 5) is 7.28. The van der Waals surface area contributed by atoms with Crippen LogP contribution in [0.5, 0.6) is 0 Å². The van der Waals surface area contributed by atoms with Gasteiger partial charge in [0, 0.05) is 46.3 Å². The Hall–Kier alpha value is -5.28. The van der Waals surface area contributed by atoms with E-state index in [2.05, 4.69) is 203 Å². The van der Waals surface area contributed by atoms with Crippen LogP contribution in [0, 0.1) is 5.92 Å². The topological polar surface area (TPSA) is 9.72 Å². The van der Waals surface area contributed by atoms with Gasteiger partial charge < -0.3 is 14.7 Å². The van der Waals surface area contributed by atoms with Crippen molar-refractivity contribution >= 4 is 45.9 Å². The van der Waals surface area contributed by atoms with Crippen LogP contribution in [-0.2, 0) is 10.8 Å². The highest BCUT2D eigenvalue weighted by atomic mass is 15.2. The fraction of sp³-hybridized carbons (Fsp3) is 0.217. The molecule has 3 nitrogen and oxygen atoms in total. The van der Waals surface area contributed by atoms with Gasteiger partial charge in [0.1, 0.15) is 0 Å². The Bertz CT molecular complexity index is 2140. The number of hydrogen-bond donors (Lipinski definition) is 0. The van der Waals surface area contributed by atoms with Crippen LogP contribution >= 0.6 is 0 Å². The quantitative estimate of drug-likeness (QED) is 0.194. The summed E-state index contributed by atoms with van der Waals surface area (Å²) in [6, 6.07) is 40.6. The fourth-order valence-electron chi connectivity index (χ4n) is 8.25. The highest BCUT2D eigenvalue weighted by Crippen LogP contribution is 2.55. The van der Waals surface area contributed by atoms with E-state index in [-0.39, 0.29) is 10.8 Å². The molecule has 0 unspecified atom stereocenters. The minimum absolute atomic E-state index is 0.0917. The number of allylic oxidation sites excluding steroid dienone is 4. The first-order valence-electron chi connectivity index (χ1n) is 17.5. The van der Waals surface area contributed by atoms with Gasteiger partial charge >= 0.3 is 0 Å². The molecule has 0 atom stereocenters. The molecule has 5 aromatic rings. The number of anilines is 7. The Morgan fingerprint density at radius 3 is 1.59 bits per heavy atom. The molecular formula is C46H45N3. The van der Waals surface area contributed by atoms with Crippen LogP contribution in [0.3, 0.4) is 0 Å². The molecule has 3 aliphatic heterocycles. The molecule has 0 fully saturated rings. The Kier molecular flexibility index (Phi) is 7.22. The molecule has 3 aliphatic rings. The maximum atomic E-state index is 2.47. The average molecular weight is 640 g/mol. The number of benzene rings is 5. The summed E-state index contributed by atoms with van der Waals surface area (Å²) in [6.07, 6.45) is 11.1. The van der Waals surface area contributed by atoms with Gasteiger partial charge in [-0.05, 0) is 94.4 Å². The maximum Gasteiger partial charge on any atom is 0.0533 e. The minimum atomic E-state index is -0.253.